The lowest BCUT2D eigenvalue weighted by Gasteiger charge is -2.34. The molecule has 1 N–H and O–H groups in total. The van der Waals surface area contributed by atoms with Crippen LogP contribution in [0, 0.1) is 5.82 Å². The smallest absolute Gasteiger partial charge is 0.304 e. The van der Waals surface area contributed by atoms with E-state index in [1.54, 1.807) is 6.07 Å². The average molecular weight is 281 g/mol. The van der Waals surface area contributed by atoms with Crippen molar-refractivity contribution in [3.8, 4) is 0 Å². The minimum atomic E-state index is -0.854. The number of carboxylic acids is 1. The first-order valence-electron chi connectivity index (χ1n) is 6.75. The summed E-state index contributed by atoms with van der Waals surface area (Å²) in [6.07, 6.45) is 0.00989. The minimum absolute atomic E-state index is 0.00989. The van der Waals surface area contributed by atoms with Crippen molar-refractivity contribution in [3.63, 3.8) is 0 Å². The molecule has 2 rings (SSSR count). The second-order valence-electron chi connectivity index (χ2n) is 5.72. The van der Waals surface area contributed by atoms with Crippen LogP contribution in [0.3, 0.4) is 0 Å². The molecule has 0 amide bonds. The number of hydrogen-bond donors (Lipinski definition) is 1. The topological polar surface area (TPSA) is 49.8 Å². The molecular weight excluding hydrogens is 261 g/mol. The van der Waals surface area contributed by atoms with Crippen molar-refractivity contribution in [2.75, 3.05) is 31.2 Å². The number of rotatable bonds is 4. The van der Waals surface area contributed by atoms with Gasteiger partial charge in [-0.05, 0) is 17.7 Å². The number of halogens is 1. The van der Waals surface area contributed by atoms with Crippen molar-refractivity contribution in [3.05, 3.63) is 29.6 Å². The highest BCUT2D eigenvalue weighted by molar-refractivity contribution is 5.70. The molecule has 0 spiro atoms. The van der Waals surface area contributed by atoms with Gasteiger partial charge < -0.3 is 14.7 Å². The third-order valence-corrected chi connectivity index (χ3v) is 3.63. The van der Waals surface area contributed by atoms with Crippen molar-refractivity contribution < 1.29 is 19.0 Å². The fourth-order valence-electron chi connectivity index (χ4n) is 2.62. The Morgan fingerprint density at radius 3 is 2.65 bits per heavy atom. The summed E-state index contributed by atoms with van der Waals surface area (Å²) < 4.78 is 18.9. The first kappa shape index (κ1) is 14.8. The van der Waals surface area contributed by atoms with E-state index in [9.17, 15) is 9.18 Å². The summed E-state index contributed by atoms with van der Waals surface area (Å²) in [6.45, 7) is 6.35. The molecule has 0 unspecified atom stereocenters. The van der Waals surface area contributed by atoms with Crippen LogP contribution in [0.4, 0.5) is 10.1 Å². The van der Waals surface area contributed by atoms with Gasteiger partial charge in [-0.1, -0.05) is 19.9 Å². The molecule has 0 aliphatic carbocycles. The van der Waals surface area contributed by atoms with Crippen LogP contribution in [0.2, 0.25) is 0 Å². The molecule has 5 heteroatoms. The van der Waals surface area contributed by atoms with Gasteiger partial charge in [0.1, 0.15) is 5.82 Å². The van der Waals surface area contributed by atoms with Gasteiger partial charge in [-0.25, -0.2) is 4.39 Å². The van der Waals surface area contributed by atoms with E-state index in [2.05, 4.69) is 4.90 Å². The van der Waals surface area contributed by atoms with Crippen molar-refractivity contribution in [2.24, 2.45) is 0 Å². The minimum Gasteiger partial charge on any atom is -0.481 e. The molecule has 110 valence electrons. The predicted octanol–water partition coefficient (Wildman–Crippen LogP) is 2.41. The molecule has 0 bridgehead atoms. The molecule has 1 fully saturated rings. The van der Waals surface area contributed by atoms with Crippen LogP contribution in [0.25, 0.3) is 0 Å². The number of carboxylic acid groups (broad SMARTS) is 1. The highest BCUT2D eigenvalue weighted by atomic mass is 19.1. The number of nitrogens with zero attached hydrogens (tertiary/aromatic N) is 1. The Labute approximate surface area is 118 Å². The van der Waals surface area contributed by atoms with Gasteiger partial charge >= 0.3 is 5.97 Å². The average Bonchev–Trinajstić information content (AvgIpc) is 2.38. The Kier molecular flexibility index (Phi) is 4.28. The largest absolute Gasteiger partial charge is 0.481 e. The van der Waals surface area contributed by atoms with Gasteiger partial charge in [0.15, 0.2) is 0 Å². The molecule has 0 atom stereocenters. The van der Waals surface area contributed by atoms with Crippen LogP contribution >= 0.6 is 0 Å². The molecule has 1 saturated heterocycles. The van der Waals surface area contributed by atoms with E-state index in [-0.39, 0.29) is 12.2 Å². The molecule has 0 saturated carbocycles. The first-order valence-corrected chi connectivity index (χ1v) is 6.75. The van der Waals surface area contributed by atoms with Crippen LogP contribution in [0.5, 0.6) is 0 Å². The number of aliphatic carboxylic acids is 1. The van der Waals surface area contributed by atoms with E-state index in [0.29, 0.717) is 26.3 Å². The normalized spacial score (nSPS) is 16.2. The number of ether oxygens (including phenoxy) is 1. The van der Waals surface area contributed by atoms with Gasteiger partial charge in [0.2, 0.25) is 0 Å². The Morgan fingerprint density at radius 1 is 1.40 bits per heavy atom. The SMILES string of the molecule is CC(C)(CC(=O)O)c1ccc(F)cc1N1CCOCC1. The zero-order valence-corrected chi connectivity index (χ0v) is 11.9. The summed E-state index contributed by atoms with van der Waals surface area (Å²) in [7, 11) is 0. The van der Waals surface area contributed by atoms with Gasteiger partial charge in [-0.3, -0.25) is 4.79 Å². The summed E-state index contributed by atoms with van der Waals surface area (Å²) in [5.74, 6) is -1.16. The van der Waals surface area contributed by atoms with E-state index >= 15 is 0 Å². The zero-order valence-electron chi connectivity index (χ0n) is 11.9. The maximum atomic E-state index is 13.6. The van der Waals surface area contributed by atoms with E-state index in [1.807, 2.05) is 13.8 Å². The van der Waals surface area contributed by atoms with E-state index < -0.39 is 11.4 Å². The summed E-state index contributed by atoms with van der Waals surface area (Å²) >= 11 is 0. The highest BCUT2D eigenvalue weighted by Gasteiger charge is 2.29. The molecule has 1 aliphatic rings. The number of hydrogen-bond acceptors (Lipinski definition) is 3. The second-order valence-corrected chi connectivity index (χ2v) is 5.72. The van der Waals surface area contributed by atoms with Crippen LogP contribution in [-0.4, -0.2) is 37.4 Å². The number of benzene rings is 1. The van der Waals surface area contributed by atoms with Gasteiger partial charge in [0, 0.05) is 24.2 Å². The lowest BCUT2D eigenvalue weighted by atomic mass is 9.80. The van der Waals surface area contributed by atoms with E-state index in [1.165, 1.54) is 12.1 Å². The second kappa shape index (κ2) is 5.79. The summed E-state index contributed by atoms with van der Waals surface area (Å²) in [5.41, 5.74) is 1.09. The molecule has 0 radical (unpaired) electrons. The van der Waals surface area contributed by atoms with E-state index in [4.69, 9.17) is 9.84 Å². The quantitative estimate of drug-likeness (QED) is 0.921. The van der Waals surface area contributed by atoms with Gasteiger partial charge in [0.05, 0.1) is 19.6 Å². The maximum Gasteiger partial charge on any atom is 0.304 e. The fraction of sp³-hybridized carbons (Fsp3) is 0.533. The molecule has 0 aromatic heterocycles. The maximum absolute atomic E-state index is 13.6. The van der Waals surface area contributed by atoms with Crippen LogP contribution in [0.15, 0.2) is 18.2 Å². The Hall–Kier alpha value is -1.62. The first-order chi connectivity index (χ1) is 9.40. The number of anilines is 1. The predicted molar refractivity (Wildman–Crippen MR) is 74.7 cm³/mol. The van der Waals surface area contributed by atoms with E-state index in [0.717, 1.165) is 11.3 Å². The number of morpholine rings is 1. The molecule has 1 aromatic carbocycles. The lowest BCUT2D eigenvalue weighted by Crippen LogP contribution is -2.38. The third-order valence-electron chi connectivity index (χ3n) is 3.63. The third kappa shape index (κ3) is 3.28. The standard InChI is InChI=1S/C15H20FNO3/c1-15(2,10-14(18)19)12-4-3-11(16)9-13(12)17-5-7-20-8-6-17/h3-4,9H,5-8,10H2,1-2H3,(H,18,19). The number of carbonyl (C=O) groups is 1. The van der Waals surface area contributed by atoms with Gasteiger partial charge in [-0.15, -0.1) is 0 Å². The Balaban J connectivity index is 2.39. The summed E-state index contributed by atoms with van der Waals surface area (Å²) in [6, 6.07) is 4.58. The zero-order chi connectivity index (χ0) is 14.8. The summed E-state index contributed by atoms with van der Waals surface area (Å²) in [5, 5.41) is 9.06. The van der Waals surface area contributed by atoms with Crippen LogP contribution in [0.1, 0.15) is 25.8 Å². The Morgan fingerprint density at radius 2 is 2.05 bits per heavy atom. The highest BCUT2D eigenvalue weighted by Crippen LogP contribution is 2.35. The molecule has 1 aliphatic heterocycles. The van der Waals surface area contributed by atoms with Crippen molar-refractivity contribution >= 4 is 11.7 Å². The fourth-order valence-corrected chi connectivity index (χ4v) is 2.62. The molecular formula is C15H20FNO3. The molecule has 1 heterocycles. The van der Waals surface area contributed by atoms with Gasteiger partial charge in [0.25, 0.3) is 0 Å². The monoisotopic (exact) mass is 281 g/mol. The molecule has 4 nitrogen and oxygen atoms in total. The van der Waals surface area contributed by atoms with Crippen molar-refractivity contribution in [1.82, 2.24) is 0 Å². The van der Waals surface area contributed by atoms with Gasteiger partial charge in [-0.2, -0.15) is 0 Å². The molecule has 20 heavy (non-hydrogen) atoms. The van der Waals surface area contributed by atoms with Crippen LogP contribution in [-0.2, 0) is 14.9 Å². The van der Waals surface area contributed by atoms with Crippen LogP contribution < -0.4 is 4.90 Å². The lowest BCUT2D eigenvalue weighted by molar-refractivity contribution is -0.138. The van der Waals surface area contributed by atoms with Crippen molar-refractivity contribution in [2.45, 2.75) is 25.7 Å². The molecule has 1 aromatic rings. The Bertz CT molecular complexity index is 496. The van der Waals surface area contributed by atoms with Crippen molar-refractivity contribution in [1.29, 1.82) is 0 Å². The summed E-state index contributed by atoms with van der Waals surface area (Å²) in [4.78, 5) is 13.1.